The van der Waals surface area contributed by atoms with Crippen molar-refractivity contribution in [2.75, 3.05) is 6.61 Å². The normalized spacial score (nSPS) is 24.0. The number of carbonyl (C=O) groups excluding carboxylic acids is 2. The van der Waals surface area contributed by atoms with E-state index in [2.05, 4.69) is 62.8 Å². The molecule has 8 heteroatoms. The molecule has 1 fully saturated rings. The van der Waals surface area contributed by atoms with Gasteiger partial charge in [-0.2, -0.15) is 0 Å². The van der Waals surface area contributed by atoms with E-state index in [9.17, 15) is 14.7 Å². The van der Waals surface area contributed by atoms with Gasteiger partial charge in [0.2, 0.25) is 5.91 Å². The van der Waals surface area contributed by atoms with Crippen LogP contribution in [0, 0.1) is 17.8 Å². The molecule has 4 atom stereocenters. The Morgan fingerprint density at radius 3 is 2.24 bits per heavy atom. The Morgan fingerprint density at radius 1 is 1.08 bits per heavy atom. The fourth-order valence-corrected chi connectivity index (χ4v) is 12.6. The number of carbonyl (C=O) groups is 2. The largest absolute Gasteiger partial charge is 0.546 e. The number of aliphatic hydroxyl groups excluding tert-OH is 1. The average molecular weight is 609 g/mol. The van der Waals surface area contributed by atoms with Crippen molar-refractivity contribution in [3.63, 3.8) is 0 Å². The molecule has 2 N–H and O–H groups in total. The van der Waals surface area contributed by atoms with Crippen LogP contribution in [0.2, 0.25) is 16.6 Å². The summed E-state index contributed by atoms with van der Waals surface area (Å²) in [7, 11) is -2.31. The summed E-state index contributed by atoms with van der Waals surface area (Å²) in [5, 5.41) is 14.4. The maximum absolute atomic E-state index is 13.8. The van der Waals surface area contributed by atoms with E-state index >= 15 is 0 Å². The smallest absolute Gasteiger partial charge is 0.310 e. The number of esters is 1. The van der Waals surface area contributed by atoms with Gasteiger partial charge < -0.3 is 19.6 Å². The van der Waals surface area contributed by atoms with Crippen molar-refractivity contribution in [3.05, 3.63) is 45.6 Å². The van der Waals surface area contributed by atoms with E-state index in [1.165, 1.54) is 0 Å². The highest BCUT2D eigenvalue weighted by Crippen LogP contribution is 2.51. The summed E-state index contributed by atoms with van der Waals surface area (Å²) in [6.07, 6.45) is 1.87. The number of halogens is 1. The van der Waals surface area contributed by atoms with Crippen molar-refractivity contribution in [2.45, 2.75) is 103 Å². The van der Waals surface area contributed by atoms with E-state index in [-0.39, 0.29) is 18.5 Å². The first-order valence-electron chi connectivity index (χ1n) is 14.2. The molecular weight excluding hydrogens is 562 g/mol. The van der Waals surface area contributed by atoms with E-state index in [0.717, 1.165) is 34.2 Å². The van der Waals surface area contributed by atoms with Crippen LogP contribution in [-0.4, -0.2) is 38.0 Å². The van der Waals surface area contributed by atoms with Crippen molar-refractivity contribution in [1.29, 1.82) is 0 Å². The summed E-state index contributed by atoms with van der Waals surface area (Å²) in [6.45, 7) is 15.8. The van der Waals surface area contributed by atoms with Gasteiger partial charge in [-0.05, 0) is 66.1 Å². The number of fused-ring (bicyclic) bond motifs is 1. The van der Waals surface area contributed by atoms with Crippen molar-refractivity contribution >= 4 is 36.1 Å². The van der Waals surface area contributed by atoms with E-state index in [1.54, 1.807) is 6.92 Å². The predicted molar refractivity (Wildman–Crippen MR) is 157 cm³/mol. The maximum Gasteiger partial charge on any atom is 0.310 e. The van der Waals surface area contributed by atoms with Gasteiger partial charge in [0.25, 0.3) is 8.32 Å². The van der Waals surface area contributed by atoms with Crippen molar-refractivity contribution in [1.82, 2.24) is 5.32 Å². The number of amides is 1. The highest BCUT2D eigenvalue weighted by atomic mass is 79.9. The molecule has 3 rings (SSSR count). The number of rotatable bonds is 10. The standard InChI is InChI=1S/C30H46BrNO5Si/c1-8-36-30(35)24-16-26(37-38(18(2)3,19(4)5)20(6)7)23-10-9-11-25(33)27(23)28(24)29(34)32-17-21-12-14-22(31)15-13-21/h12-15,18-20,24-25,27-28,33H,8-11,16-17H2,1-7H3,(H,32,34)/t24-,25+,27+,28+/m0/s1. The molecule has 212 valence electrons. The van der Waals surface area contributed by atoms with Gasteiger partial charge in [0.1, 0.15) is 0 Å². The number of ether oxygens (including phenoxy) is 1. The van der Waals surface area contributed by atoms with Gasteiger partial charge in [-0.25, -0.2) is 0 Å². The number of hydrogen-bond acceptors (Lipinski definition) is 5. The van der Waals surface area contributed by atoms with E-state index in [4.69, 9.17) is 9.16 Å². The van der Waals surface area contributed by atoms with Gasteiger partial charge in [0, 0.05) is 23.4 Å². The molecule has 0 aliphatic heterocycles. The lowest BCUT2D eigenvalue weighted by atomic mass is 9.64. The molecule has 0 saturated heterocycles. The lowest BCUT2D eigenvalue weighted by Crippen LogP contribution is -2.52. The molecule has 6 nitrogen and oxygen atoms in total. The van der Waals surface area contributed by atoms with Gasteiger partial charge in [0.05, 0.1) is 30.3 Å². The van der Waals surface area contributed by atoms with Crippen LogP contribution in [0.15, 0.2) is 40.1 Å². The van der Waals surface area contributed by atoms with Gasteiger partial charge in [-0.1, -0.05) is 69.6 Å². The molecule has 0 aromatic heterocycles. The van der Waals surface area contributed by atoms with Crippen molar-refractivity contribution in [3.8, 4) is 0 Å². The third-order valence-electron chi connectivity index (χ3n) is 8.63. The zero-order valence-corrected chi connectivity index (χ0v) is 26.6. The number of nitrogens with one attached hydrogen (secondary N) is 1. The molecule has 0 heterocycles. The number of hydrogen-bond donors (Lipinski definition) is 2. The van der Waals surface area contributed by atoms with E-state index in [1.807, 2.05) is 24.3 Å². The van der Waals surface area contributed by atoms with Crippen LogP contribution in [0.1, 0.15) is 79.7 Å². The topological polar surface area (TPSA) is 84.9 Å². The second-order valence-electron chi connectivity index (χ2n) is 11.8. The zero-order chi connectivity index (χ0) is 28.2. The van der Waals surface area contributed by atoms with E-state index < -0.39 is 32.2 Å². The van der Waals surface area contributed by atoms with Crippen molar-refractivity contribution in [2.24, 2.45) is 17.8 Å². The summed E-state index contributed by atoms with van der Waals surface area (Å²) in [6, 6.07) is 7.78. The highest BCUT2D eigenvalue weighted by Gasteiger charge is 2.53. The molecule has 1 saturated carbocycles. The van der Waals surface area contributed by atoms with Gasteiger partial charge >= 0.3 is 5.97 Å². The first kappa shape index (κ1) is 30.9. The molecule has 0 bridgehead atoms. The monoisotopic (exact) mass is 607 g/mol. The molecular formula is C30H46BrNO5Si. The van der Waals surface area contributed by atoms with Crippen LogP contribution in [0.5, 0.6) is 0 Å². The molecule has 0 spiro atoms. The molecule has 1 aromatic rings. The Morgan fingerprint density at radius 2 is 1.68 bits per heavy atom. The second-order valence-corrected chi connectivity index (χ2v) is 18.1. The molecule has 0 radical (unpaired) electrons. The number of allylic oxidation sites excluding steroid dienone is 1. The summed E-state index contributed by atoms with van der Waals surface area (Å²) in [4.78, 5) is 27.1. The quantitative estimate of drug-likeness (QED) is 0.224. The first-order valence-corrected chi connectivity index (χ1v) is 17.1. The molecule has 2 aliphatic carbocycles. The summed E-state index contributed by atoms with van der Waals surface area (Å²) < 4.78 is 13.6. The number of benzene rings is 1. The van der Waals surface area contributed by atoms with Crippen LogP contribution < -0.4 is 5.32 Å². The fraction of sp³-hybridized carbons (Fsp3) is 0.667. The Balaban J connectivity index is 2.04. The average Bonchev–Trinajstić information content (AvgIpc) is 2.86. The Hall–Kier alpha value is -1.64. The zero-order valence-electron chi connectivity index (χ0n) is 24.1. The summed E-state index contributed by atoms with van der Waals surface area (Å²) >= 11 is 3.44. The molecule has 38 heavy (non-hydrogen) atoms. The van der Waals surface area contributed by atoms with Crippen molar-refractivity contribution < 1.29 is 23.9 Å². The second kappa shape index (κ2) is 13.1. The summed E-state index contributed by atoms with van der Waals surface area (Å²) in [5.41, 5.74) is 3.11. The van der Waals surface area contributed by atoms with Gasteiger partial charge in [0.15, 0.2) is 0 Å². The van der Waals surface area contributed by atoms with Crippen LogP contribution >= 0.6 is 15.9 Å². The minimum atomic E-state index is -2.31. The van der Waals surface area contributed by atoms with Gasteiger partial charge in [-0.3, -0.25) is 9.59 Å². The first-order chi connectivity index (χ1) is 17.9. The van der Waals surface area contributed by atoms with Crippen LogP contribution in [-0.2, 0) is 25.3 Å². The lowest BCUT2D eigenvalue weighted by molar-refractivity contribution is -0.156. The summed E-state index contributed by atoms with van der Waals surface area (Å²) in [5.74, 6) is -1.62. The molecule has 1 amide bonds. The molecule has 1 aromatic carbocycles. The Bertz CT molecular complexity index is 985. The molecule has 0 unspecified atom stereocenters. The Labute approximate surface area is 238 Å². The van der Waals surface area contributed by atoms with Crippen LogP contribution in [0.25, 0.3) is 0 Å². The predicted octanol–water partition coefficient (Wildman–Crippen LogP) is 6.87. The third kappa shape index (κ3) is 6.39. The Kier molecular flexibility index (Phi) is 10.7. The van der Waals surface area contributed by atoms with Crippen LogP contribution in [0.4, 0.5) is 0 Å². The number of aliphatic hydroxyl groups is 1. The highest BCUT2D eigenvalue weighted by molar-refractivity contribution is 9.10. The third-order valence-corrected chi connectivity index (χ3v) is 15.2. The van der Waals surface area contributed by atoms with Crippen LogP contribution in [0.3, 0.4) is 0 Å². The lowest BCUT2D eigenvalue weighted by Gasteiger charge is -2.48. The van der Waals surface area contributed by atoms with Gasteiger partial charge in [-0.15, -0.1) is 0 Å². The SMILES string of the molecule is CCOC(=O)[C@H]1CC(O[Si](C(C)C)(C(C)C)C(C)C)=C2CCC[C@@H](O)[C@@H]2[C@@H]1C(=O)NCc1ccc(Br)cc1. The minimum Gasteiger partial charge on any atom is -0.546 e. The fourth-order valence-electron chi connectivity index (χ4n) is 6.98. The molecule has 2 aliphatic rings. The minimum absolute atomic E-state index is 0.214. The maximum atomic E-state index is 13.8. The van der Waals surface area contributed by atoms with E-state index in [0.29, 0.717) is 36.0 Å².